The largest absolute Gasteiger partial charge is 0.390 e. The van der Waals surface area contributed by atoms with Gasteiger partial charge >= 0.3 is 6.03 Å². The number of thiophene rings is 1. The molecule has 0 aliphatic carbocycles. The van der Waals surface area contributed by atoms with Crippen molar-refractivity contribution in [1.82, 2.24) is 24.9 Å². The van der Waals surface area contributed by atoms with Crippen LogP contribution in [-0.2, 0) is 0 Å². The van der Waals surface area contributed by atoms with Gasteiger partial charge in [-0.25, -0.2) is 9.78 Å². The quantitative estimate of drug-likeness (QED) is 0.576. The molecule has 27 heavy (non-hydrogen) atoms. The second kappa shape index (κ2) is 8.01. The van der Waals surface area contributed by atoms with Crippen molar-refractivity contribution in [3.8, 4) is 10.6 Å². The van der Waals surface area contributed by atoms with Crippen molar-refractivity contribution in [1.29, 1.82) is 0 Å². The smallest absolute Gasteiger partial charge is 0.321 e. The molecule has 0 saturated heterocycles. The van der Waals surface area contributed by atoms with E-state index in [0.29, 0.717) is 12.2 Å². The van der Waals surface area contributed by atoms with Crippen LogP contribution in [0.4, 0.5) is 10.7 Å². The van der Waals surface area contributed by atoms with Crippen molar-refractivity contribution in [2.75, 3.05) is 5.32 Å². The van der Waals surface area contributed by atoms with Crippen molar-refractivity contribution < 1.29 is 9.90 Å². The molecule has 2 amide bonds. The minimum atomic E-state index is -0.685. The third-order valence-electron chi connectivity index (χ3n) is 4.04. The van der Waals surface area contributed by atoms with Gasteiger partial charge in [0.05, 0.1) is 16.2 Å². The third-order valence-corrected chi connectivity index (χ3v) is 4.94. The second-order valence-electron chi connectivity index (χ2n) is 7.16. The number of amides is 2. The van der Waals surface area contributed by atoms with Crippen LogP contribution in [-0.4, -0.2) is 42.4 Å². The van der Waals surface area contributed by atoms with E-state index in [1.807, 2.05) is 30.5 Å². The Kier molecular flexibility index (Phi) is 5.71. The number of hydrogen-bond acceptors (Lipinski definition) is 6. The molecule has 0 spiro atoms. The number of carbonyl (C=O) groups is 1. The Morgan fingerprint density at radius 1 is 1.41 bits per heavy atom. The number of nitrogens with one attached hydrogen (secondary N) is 2. The lowest BCUT2D eigenvalue weighted by molar-refractivity contribution is 0.0676. The maximum Gasteiger partial charge on any atom is 0.321 e. The van der Waals surface area contributed by atoms with Crippen molar-refractivity contribution in [3.05, 3.63) is 29.8 Å². The molecule has 0 fully saturated rings. The van der Waals surface area contributed by atoms with Crippen LogP contribution >= 0.6 is 11.3 Å². The van der Waals surface area contributed by atoms with E-state index in [1.165, 1.54) is 0 Å². The molecule has 1 atom stereocenters. The summed E-state index contributed by atoms with van der Waals surface area (Å²) in [5.74, 6) is 0.627. The number of aliphatic hydroxyl groups is 1. The Morgan fingerprint density at radius 3 is 2.93 bits per heavy atom. The van der Waals surface area contributed by atoms with Crippen molar-refractivity contribution in [2.45, 2.75) is 51.7 Å². The van der Waals surface area contributed by atoms with Gasteiger partial charge in [0.15, 0.2) is 0 Å². The number of fused-ring (bicyclic) bond motifs is 1. The topological polar surface area (TPSA) is 104 Å². The molecule has 0 aliphatic heterocycles. The van der Waals surface area contributed by atoms with E-state index >= 15 is 0 Å². The first-order valence-electron chi connectivity index (χ1n) is 8.87. The zero-order valence-electron chi connectivity index (χ0n) is 15.6. The zero-order valence-corrected chi connectivity index (χ0v) is 16.5. The number of hydrogen-bond donors (Lipinski definition) is 3. The van der Waals surface area contributed by atoms with E-state index in [4.69, 9.17) is 0 Å². The molecule has 0 saturated carbocycles. The lowest BCUT2D eigenvalue weighted by Gasteiger charge is -2.19. The summed E-state index contributed by atoms with van der Waals surface area (Å²) < 4.78 is 1.62. The lowest BCUT2D eigenvalue weighted by atomic mass is 10.00. The highest BCUT2D eigenvalue weighted by Crippen LogP contribution is 2.24. The highest BCUT2D eigenvalue weighted by Gasteiger charge is 2.15. The minimum absolute atomic E-state index is 0.0239. The molecule has 0 bridgehead atoms. The van der Waals surface area contributed by atoms with Crippen LogP contribution in [0.1, 0.15) is 40.0 Å². The van der Waals surface area contributed by atoms with E-state index in [0.717, 1.165) is 23.4 Å². The van der Waals surface area contributed by atoms with Gasteiger partial charge in [-0.05, 0) is 57.5 Å². The molecule has 0 radical (unpaired) electrons. The van der Waals surface area contributed by atoms with Crippen LogP contribution < -0.4 is 10.6 Å². The number of anilines is 1. The van der Waals surface area contributed by atoms with E-state index in [1.54, 1.807) is 35.9 Å². The number of rotatable bonds is 7. The first-order valence-corrected chi connectivity index (χ1v) is 9.75. The Labute approximate surface area is 161 Å². The molecule has 8 nitrogen and oxygen atoms in total. The van der Waals surface area contributed by atoms with Crippen LogP contribution in [0.2, 0.25) is 0 Å². The van der Waals surface area contributed by atoms with E-state index in [2.05, 4.69) is 25.7 Å². The predicted octanol–water partition coefficient (Wildman–Crippen LogP) is 3.30. The normalized spacial score (nSPS) is 12.9. The fourth-order valence-electron chi connectivity index (χ4n) is 2.73. The summed E-state index contributed by atoms with van der Waals surface area (Å²) in [4.78, 5) is 21.7. The maximum absolute atomic E-state index is 12.2. The molecule has 0 aromatic carbocycles. The molecule has 9 heteroatoms. The van der Waals surface area contributed by atoms with Gasteiger partial charge in [-0.1, -0.05) is 6.07 Å². The highest BCUT2D eigenvalue weighted by molar-refractivity contribution is 7.13. The molecule has 3 aromatic rings. The van der Waals surface area contributed by atoms with Gasteiger partial charge in [0.1, 0.15) is 0 Å². The van der Waals surface area contributed by atoms with Crippen molar-refractivity contribution >= 4 is 29.1 Å². The molecule has 3 N–H and O–H groups in total. The summed E-state index contributed by atoms with van der Waals surface area (Å²) in [6, 6.07) is 5.44. The molecule has 144 valence electrons. The summed E-state index contributed by atoms with van der Waals surface area (Å²) in [7, 11) is 0. The van der Waals surface area contributed by atoms with Crippen LogP contribution in [0, 0.1) is 0 Å². The monoisotopic (exact) mass is 388 g/mol. The predicted molar refractivity (Wildman–Crippen MR) is 106 cm³/mol. The summed E-state index contributed by atoms with van der Waals surface area (Å²) in [5, 5.41) is 21.6. The second-order valence-corrected chi connectivity index (χ2v) is 8.11. The first kappa shape index (κ1) is 19.2. The third kappa shape index (κ3) is 5.24. The zero-order chi connectivity index (χ0) is 19.4. The SMILES string of the molecule is CC(CCCC(C)(C)O)NC(=O)Nc1nc2nccc(-c3cccs3)n2n1. The Bertz CT molecular complexity index is 900. The Balaban J connectivity index is 1.61. The standard InChI is InChI=1S/C18H24N6O2S/c1-12(6-4-9-18(2,3)26)20-17(25)22-15-21-16-19-10-8-13(24(16)23-15)14-7-5-11-27-14/h5,7-8,10-12,26H,4,6,9H2,1-3H3,(H2,20,22,23,25). The molecule has 3 heterocycles. The Morgan fingerprint density at radius 2 is 2.22 bits per heavy atom. The molecular formula is C18H24N6O2S. The molecule has 0 aliphatic rings. The fraction of sp³-hybridized carbons (Fsp3) is 0.444. The van der Waals surface area contributed by atoms with Gasteiger partial charge in [0.25, 0.3) is 11.7 Å². The van der Waals surface area contributed by atoms with Crippen LogP contribution in [0.3, 0.4) is 0 Å². The summed E-state index contributed by atoms with van der Waals surface area (Å²) in [6.07, 6.45) is 3.96. The van der Waals surface area contributed by atoms with Crippen LogP contribution in [0.5, 0.6) is 0 Å². The van der Waals surface area contributed by atoms with E-state index in [-0.39, 0.29) is 18.0 Å². The van der Waals surface area contributed by atoms with Crippen LogP contribution in [0.25, 0.3) is 16.3 Å². The van der Waals surface area contributed by atoms with Crippen LogP contribution in [0.15, 0.2) is 29.8 Å². The molecule has 3 aromatic heterocycles. The van der Waals surface area contributed by atoms with Gasteiger partial charge < -0.3 is 10.4 Å². The van der Waals surface area contributed by atoms with Gasteiger partial charge in [-0.3, -0.25) is 5.32 Å². The fourth-order valence-corrected chi connectivity index (χ4v) is 3.47. The summed E-state index contributed by atoms with van der Waals surface area (Å²) in [6.45, 7) is 5.49. The van der Waals surface area contributed by atoms with Gasteiger partial charge in [0.2, 0.25) is 0 Å². The van der Waals surface area contributed by atoms with Gasteiger partial charge in [-0.2, -0.15) is 9.50 Å². The summed E-state index contributed by atoms with van der Waals surface area (Å²) in [5.41, 5.74) is 0.186. The van der Waals surface area contributed by atoms with Gasteiger partial charge in [0, 0.05) is 12.2 Å². The van der Waals surface area contributed by atoms with Gasteiger partial charge in [-0.15, -0.1) is 16.4 Å². The molecule has 1 unspecified atom stereocenters. The van der Waals surface area contributed by atoms with E-state index < -0.39 is 5.60 Å². The number of urea groups is 1. The first-order chi connectivity index (χ1) is 12.8. The highest BCUT2D eigenvalue weighted by atomic mass is 32.1. The molecular weight excluding hydrogens is 364 g/mol. The number of nitrogens with zero attached hydrogens (tertiary/aromatic N) is 4. The maximum atomic E-state index is 12.2. The molecule has 3 rings (SSSR count). The average Bonchev–Trinajstić information content (AvgIpc) is 3.21. The number of aromatic nitrogens is 4. The minimum Gasteiger partial charge on any atom is -0.390 e. The average molecular weight is 388 g/mol. The summed E-state index contributed by atoms with van der Waals surface area (Å²) >= 11 is 1.60. The van der Waals surface area contributed by atoms with E-state index in [9.17, 15) is 9.90 Å². The lowest BCUT2D eigenvalue weighted by Crippen LogP contribution is -2.36. The number of carbonyl (C=O) groups excluding carboxylic acids is 1. The van der Waals surface area contributed by atoms with Crippen molar-refractivity contribution in [3.63, 3.8) is 0 Å². The van der Waals surface area contributed by atoms with Crippen molar-refractivity contribution in [2.24, 2.45) is 0 Å². The Hall–Kier alpha value is -2.52.